The topological polar surface area (TPSA) is 32.5 Å². The summed E-state index contributed by atoms with van der Waals surface area (Å²) in [6.45, 7) is 13.6. The summed E-state index contributed by atoms with van der Waals surface area (Å²) in [6.07, 6.45) is 0. The summed E-state index contributed by atoms with van der Waals surface area (Å²) < 4.78 is 0. The first-order valence-corrected chi connectivity index (χ1v) is 3.80. The molecule has 0 bridgehead atoms. The minimum absolute atomic E-state index is 0.0112. The number of hydrogen-bond acceptors (Lipinski definition) is 1. The van der Waals surface area contributed by atoms with Crippen LogP contribution in [0, 0.1) is 24.5 Å². The van der Waals surface area contributed by atoms with Crippen LogP contribution in [0.1, 0.15) is 5.56 Å². The van der Waals surface area contributed by atoms with Crippen LogP contribution < -0.4 is 5.46 Å². The highest BCUT2D eigenvalue weighted by atomic mass is 35.5. The summed E-state index contributed by atoms with van der Waals surface area (Å²) in [6, 6.07) is 3.07. The second kappa shape index (κ2) is 3.84. The Morgan fingerprint density at radius 3 is 2.36 bits per heavy atom. The summed E-state index contributed by atoms with van der Waals surface area (Å²) in [5.41, 5.74) is 0.0773. The standard InChI is InChI=1S/C9HBClN3/c1-13-8-5(4-12)3-6(11)9(14-2)7(8)10/h3H. The van der Waals surface area contributed by atoms with E-state index in [2.05, 4.69) is 9.69 Å². The van der Waals surface area contributed by atoms with Gasteiger partial charge in [0.05, 0.1) is 32.6 Å². The Morgan fingerprint density at radius 1 is 1.36 bits per heavy atom. The molecular weight excluding hydrogens is 196 g/mol. The zero-order chi connectivity index (χ0) is 10.7. The van der Waals surface area contributed by atoms with E-state index in [0.29, 0.717) is 0 Å². The predicted octanol–water partition coefficient (Wildman–Crippen LogP) is 2.11. The third-order valence-electron chi connectivity index (χ3n) is 1.61. The molecule has 0 fully saturated rings. The number of rotatable bonds is 0. The van der Waals surface area contributed by atoms with Crippen molar-refractivity contribution in [2.75, 3.05) is 0 Å². The number of nitrogens with zero attached hydrogens (tertiary/aromatic N) is 3. The highest BCUT2D eigenvalue weighted by Gasteiger charge is 2.13. The number of nitriles is 1. The van der Waals surface area contributed by atoms with E-state index >= 15 is 0 Å². The van der Waals surface area contributed by atoms with E-state index in [-0.39, 0.29) is 27.4 Å². The normalized spacial score (nSPS) is 8.43. The van der Waals surface area contributed by atoms with Crippen LogP contribution in [0.4, 0.5) is 11.4 Å². The minimum atomic E-state index is -0.0287. The van der Waals surface area contributed by atoms with Crippen LogP contribution in [-0.4, -0.2) is 7.85 Å². The molecule has 14 heavy (non-hydrogen) atoms. The van der Waals surface area contributed by atoms with Gasteiger partial charge in [-0.1, -0.05) is 17.1 Å². The second-order valence-electron chi connectivity index (χ2n) is 2.35. The van der Waals surface area contributed by atoms with E-state index in [0.717, 1.165) is 0 Å². The van der Waals surface area contributed by atoms with Crippen molar-refractivity contribution in [1.82, 2.24) is 0 Å². The third kappa shape index (κ3) is 1.42. The van der Waals surface area contributed by atoms with Crippen LogP contribution in [0.25, 0.3) is 9.69 Å². The fourth-order valence-electron chi connectivity index (χ4n) is 0.969. The fourth-order valence-corrected chi connectivity index (χ4v) is 1.22. The molecule has 0 aliphatic rings. The van der Waals surface area contributed by atoms with Crippen molar-refractivity contribution in [3.05, 3.63) is 39.5 Å². The molecule has 0 aliphatic carbocycles. The Balaban J connectivity index is 3.71. The molecule has 0 heterocycles. The zero-order valence-electron chi connectivity index (χ0n) is 6.87. The van der Waals surface area contributed by atoms with E-state index in [4.69, 9.17) is 37.9 Å². The van der Waals surface area contributed by atoms with Crippen molar-refractivity contribution < 1.29 is 0 Å². The van der Waals surface area contributed by atoms with Crippen molar-refractivity contribution in [2.45, 2.75) is 0 Å². The molecule has 2 radical (unpaired) electrons. The molecule has 1 aromatic carbocycles. The first-order valence-electron chi connectivity index (χ1n) is 3.42. The van der Waals surface area contributed by atoms with E-state index in [1.165, 1.54) is 6.07 Å². The number of halogens is 1. The first kappa shape index (κ1) is 10.1. The van der Waals surface area contributed by atoms with Gasteiger partial charge in [0, 0.05) is 5.02 Å². The van der Waals surface area contributed by atoms with E-state index in [1.807, 2.05) is 0 Å². The van der Waals surface area contributed by atoms with Gasteiger partial charge < -0.3 is 0 Å². The number of benzene rings is 1. The zero-order valence-corrected chi connectivity index (χ0v) is 7.63. The molecule has 1 rings (SSSR count). The monoisotopic (exact) mass is 197 g/mol. The number of hydrogen-bond donors (Lipinski definition) is 0. The third-order valence-corrected chi connectivity index (χ3v) is 1.89. The van der Waals surface area contributed by atoms with Crippen LogP contribution in [0.3, 0.4) is 0 Å². The lowest BCUT2D eigenvalue weighted by Crippen LogP contribution is -2.04. The second-order valence-corrected chi connectivity index (χ2v) is 2.76. The van der Waals surface area contributed by atoms with Crippen LogP contribution in [0.2, 0.25) is 5.02 Å². The largest absolute Gasteiger partial charge is 0.239 e. The van der Waals surface area contributed by atoms with Gasteiger partial charge >= 0.3 is 0 Å². The lowest BCUT2D eigenvalue weighted by atomic mass is 9.90. The van der Waals surface area contributed by atoms with Gasteiger partial charge in [0.15, 0.2) is 11.4 Å². The van der Waals surface area contributed by atoms with Crippen molar-refractivity contribution in [3.63, 3.8) is 0 Å². The Labute approximate surface area is 87.6 Å². The lowest BCUT2D eigenvalue weighted by molar-refractivity contribution is 1.50. The first-order chi connectivity index (χ1) is 6.65. The van der Waals surface area contributed by atoms with Gasteiger partial charge in [0.1, 0.15) is 0 Å². The Morgan fingerprint density at radius 2 is 1.93 bits per heavy atom. The van der Waals surface area contributed by atoms with E-state index in [9.17, 15) is 0 Å². The summed E-state index contributed by atoms with van der Waals surface area (Å²) in [5, 5.41) is 8.78. The van der Waals surface area contributed by atoms with Crippen LogP contribution in [0.15, 0.2) is 6.07 Å². The van der Waals surface area contributed by atoms with Crippen molar-refractivity contribution in [3.8, 4) is 6.07 Å². The molecular formula is C9HBClN3. The molecule has 0 saturated carbocycles. The maximum absolute atomic E-state index is 8.68. The van der Waals surface area contributed by atoms with Gasteiger partial charge in [-0.3, -0.25) is 0 Å². The van der Waals surface area contributed by atoms with Crippen molar-refractivity contribution >= 4 is 36.3 Å². The summed E-state index contributed by atoms with van der Waals surface area (Å²) >= 11 is 5.69. The van der Waals surface area contributed by atoms with E-state index < -0.39 is 0 Å². The average molecular weight is 197 g/mol. The minimum Gasteiger partial charge on any atom is -0.239 e. The Hall–Kier alpha value is -1.96. The van der Waals surface area contributed by atoms with Crippen molar-refractivity contribution in [1.29, 1.82) is 5.26 Å². The van der Waals surface area contributed by atoms with Gasteiger partial charge in [-0.15, -0.1) is 0 Å². The molecule has 0 atom stereocenters. The molecule has 0 saturated heterocycles. The maximum atomic E-state index is 8.68. The van der Waals surface area contributed by atoms with Crippen LogP contribution >= 0.6 is 11.6 Å². The molecule has 0 N–H and O–H groups in total. The Bertz CT molecular complexity index is 517. The van der Waals surface area contributed by atoms with Gasteiger partial charge in [0.2, 0.25) is 0 Å². The molecule has 0 aliphatic heterocycles. The molecule has 0 amide bonds. The molecule has 0 unspecified atom stereocenters. The summed E-state index contributed by atoms with van der Waals surface area (Å²) in [5.74, 6) is 0. The smallest absolute Gasteiger partial charge is 0.189 e. The summed E-state index contributed by atoms with van der Waals surface area (Å²) in [7, 11) is 5.52. The van der Waals surface area contributed by atoms with Crippen LogP contribution in [-0.2, 0) is 0 Å². The fraction of sp³-hybridized carbons (Fsp3) is 0. The van der Waals surface area contributed by atoms with Gasteiger partial charge in [0.25, 0.3) is 0 Å². The molecule has 3 nitrogen and oxygen atoms in total. The molecule has 62 valence electrons. The highest BCUT2D eigenvalue weighted by Crippen LogP contribution is 2.29. The van der Waals surface area contributed by atoms with Gasteiger partial charge in [-0.05, 0) is 6.07 Å². The highest BCUT2D eigenvalue weighted by molar-refractivity contribution is 6.44. The predicted molar refractivity (Wildman–Crippen MR) is 54.1 cm³/mol. The van der Waals surface area contributed by atoms with Crippen LogP contribution in [0.5, 0.6) is 0 Å². The maximum Gasteiger partial charge on any atom is 0.189 e. The van der Waals surface area contributed by atoms with E-state index in [1.54, 1.807) is 6.07 Å². The SMILES string of the molecule is [B]c1c([N+]#[C-])c(Cl)cc(C#N)c1[N+]#[C-]. The lowest BCUT2D eigenvalue weighted by Gasteiger charge is -2.04. The van der Waals surface area contributed by atoms with Gasteiger partial charge in [-0.25, -0.2) is 9.69 Å². The molecule has 0 spiro atoms. The van der Waals surface area contributed by atoms with Crippen molar-refractivity contribution in [2.24, 2.45) is 0 Å². The molecule has 0 aromatic heterocycles. The Kier molecular flexibility index (Phi) is 2.77. The molecule has 1 aromatic rings. The molecule has 5 heteroatoms. The average Bonchev–Trinajstić information content (AvgIpc) is 2.17. The van der Waals surface area contributed by atoms with Gasteiger partial charge in [-0.2, -0.15) is 5.26 Å². The summed E-state index contributed by atoms with van der Waals surface area (Å²) in [4.78, 5) is 6.19. The quantitative estimate of drug-likeness (QED) is 0.463.